The number of hydrogen-bond acceptors (Lipinski definition) is 0. The van der Waals surface area contributed by atoms with Gasteiger partial charge in [-0.25, -0.2) is 0 Å². The van der Waals surface area contributed by atoms with Gasteiger partial charge in [-0.1, -0.05) is 75.2 Å². The highest BCUT2D eigenvalue weighted by atomic mass is 14.5. The SMILES string of the molecule is CCCC(C)(C)C(C)(C)C(C)(C)C(C)CC. The maximum Gasteiger partial charge on any atom is -0.0249 e. The van der Waals surface area contributed by atoms with Gasteiger partial charge in [-0.2, -0.15) is 0 Å². The molecule has 0 nitrogen and oxygen atoms in total. The first kappa shape index (κ1) is 16.0. The molecule has 0 aliphatic rings. The van der Waals surface area contributed by atoms with Gasteiger partial charge in [0, 0.05) is 0 Å². The Hall–Kier alpha value is 0. The van der Waals surface area contributed by atoms with Crippen LogP contribution in [0, 0.1) is 22.2 Å². The van der Waals surface area contributed by atoms with E-state index in [0.717, 1.165) is 5.92 Å². The monoisotopic (exact) mass is 226 g/mol. The van der Waals surface area contributed by atoms with E-state index in [-0.39, 0.29) is 0 Å². The Balaban J connectivity index is 5.16. The van der Waals surface area contributed by atoms with Gasteiger partial charge in [0.05, 0.1) is 0 Å². The Bertz CT molecular complexity index is 208. The van der Waals surface area contributed by atoms with Crippen LogP contribution in [0.2, 0.25) is 0 Å². The van der Waals surface area contributed by atoms with Gasteiger partial charge >= 0.3 is 0 Å². The molecule has 1 atom stereocenters. The zero-order chi connectivity index (χ0) is 13.2. The second-order valence-corrected chi connectivity index (χ2v) is 7.29. The van der Waals surface area contributed by atoms with Gasteiger partial charge in [0.15, 0.2) is 0 Å². The third kappa shape index (κ3) is 2.63. The summed E-state index contributed by atoms with van der Waals surface area (Å²) in [6, 6.07) is 0. The van der Waals surface area contributed by atoms with Crippen molar-refractivity contribution >= 4 is 0 Å². The van der Waals surface area contributed by atoms with Crippen molar-refractivity contribution in [2.45, 2.75) is 81.6 Å². The first-order valence-corrected chi connectivity index (χ1v) is 7.04. The van der Waals surface area contributed by atoms with Gasteiger partial charge in [0.25, 0.3) is 0 Å². The van der Waals surface area contributed by atoms with Crippen LogP contribution in [0.1, 0.15) is 81.6 Å². The van der Waals surface area contributed by atoms with Gasteiger partial charge in [0.1, 0.15) is 0 Å². The van der Waals surface area contributed by atoms with Crippen molar-refractivity contribution in [3.8, 4) is 0 Å². The second kappa shape index (κ2) is 5.10. The summed E-state index contributed by atoms with van der Waals surface area (Å²) >= 11 is 0. The molecule has 0 bridgehead atoms. The van der Waals surface area contributed by atoms with Crippen LogP contribution in [0.3, 0.4) is 0 Å². The quantitative estimate of drug-likeness (QED) is 0.528. The van der Waals surface area contributed by atoms with Crippen LogP contribution in [0.15, 0.2) is 0 Å². The molecule has 0 saturated heterocycles. The molecule has 0 amide bonds. The molecule has 1 unspecified atom stereocenters. The molecule has 0 aliphatic carbocycles. The lowest BCUT2D eigenvalue weighted by atomic mass is 9.50. The largest absolute Gasteiger partial charge is 0.0654 e. The summed E-state index contributed by atoms with van der Waals surface area (Å²) in [7, 11) is 0. The van der Waals surface area contributed by atoms with E-state index in [2.05, 4.69) is 62.3 Å². The van der Waals surface area contributed by atoms with Gasteiger partial charge in [-0.3, -0.25) is 0 Å². The predicted octanol–water partition coefficient (Wildman–Crippen LogP) is 5.91. The summed E-state index contributed by atoms with van der Waals surface area (Å²) in [5.74, 6) is 0.777. The van der Waals surface area contributed by atoms with E-state index >= 15 is 0 Å². The van der Waals surface area contributed by atoms with E-state index in [4.69, 9.17) is 0 Å². The fourth-order valence-corrected chi connectivity index (χ4v) is 2.94. The normalized spacial score (nSPS) is 16.3. The highest BCUT2D eigenvalue weighted by molar-refractivity contribution is 4.97. The maximum absolute atomic E-state index is 2.47. The molecular formula is C16H34. The summed E-state index contributed by atoms with van der Waals surface area (Å²) in [6.07, 6.45) is 3.88. The fourth-order valence-electron chi connectivity index (χ4n) is 2.94. The van der Waals surface area contributed by atoms with Gasteiger partial charge in [-0.05, 0) is 28.6 Å². The van der Waals surface area contributed by atoms with Crippen molar-refractivity contribution < 1.29 is 0 Å². The van der Waals surface area contributed by atoms with E-state index < -0.39 is 0 Å². The Morgan fingerprint density at radius 3 is 1.62 bits per heavy atom. The molecule has 16 heavy (non-hydrogen) atoms. The Labute approximate surface area is 104 Å². The molecule has 0 aliphatic heterocycles. The Morgan fingerprint density at radius 2 is 1.31 bits per heavy atom. The third-order valence-corrected chi connectivity index (χ3v) is 6.02. The van der Waals surface area contributed by atoms with Gasteiger partial charge in [-0.15, -0.1) is 0 Å². The zero-order valence-electron chi connectivity index (χ0n) is 13.2. The third-order valence-electron chi connectivity index (χ3n) is 6.02. The van der Waals surface area contributed by atoms with Crippen LogP contribution in [-0.4, -0.2) is 0 Å². The molecule has 0 heteroatoms. The Kier molecular flexibility index (Phi) is 5.10. The minimum atomic E-state index is 0.367. The molecule has 0 aromatic rings. The second-order valence-electron chi connectivity index (χ2n) is 7.29. The molecule has 0 rings (SSSR count). The minimum Gasteiger partial charge on any atom is -0.0654 e. The van der Waals surface area contributed by atoms with E-state index in [0.29, 0.717) is 16.2 Å². The summed E-state index contributed by atoms with van der Waals surface area (Å²) in [5, 5.41) is 0. The van der Waals surface area contributed by atoms with Crippen molar-refractivity contribution in [3.05, 3.63) is 0 Å². The average Bonchev–Trinajstić information content (AvgIpc) is 2.15. The van der Waals surface area contributed by atoms with Crippen LogP contribution in [0.25, 0.3) is 0 Å². The lowest BCUT2D eigenvalue weighted by molar-refractivity contribution is -0.0589. The molecule has 0 radical (unpaired) electrons. The van der Waals surface area contributed by atoms with Crippen LogP contribution >= 0.6 is 0 Å². The van der Waals surface area contributed by atoms with Crippen molar-refractivity contribution in [2.24, 2.45) is 22.2 Å². The van der Waals surface area contributed by atoms with Crippen molar-refractivity contribution in [2.75, 3.05) is 0 Å². The number of hydrogen-bond donors (Lipinski definition) is 0. The first-order valence-electron chi connectivity index (χ1n) is 7.04. The Morgan fingerprint density at radius 1 is 0.875 bits per heavy atom. The van der Waals surface area contributed by atoms with Crippen LogP contribution in [0.4, 0.5) is 0 Å². The van der Waals surface area contributed by atoms with E-state index in [1.807, 2.05) is 0 Å². The lowest BCUT2D eigenvalue weighted by Crippen LogP contribution is -2.47. The molecule has 0 saturated carbocycles. The molecule has 0 N–H and O–H groups in total. The van der Waals surface area contributed by atoms with Crippen molar-refractivity contribution in [1.82, 2.24) is 0 Å². The zero-order valence-corrected chi connectivity index (χ0v) is 13.2. The smallest absolute Gasteiger partial charge is 0.0249 e. The summed E-state index contributed by atoms with van der Waals surface area (Å²) in [5.41, 5.74) is 1.17. The minimum absolute atomic E-state index is 0.367. The van der Waals surface area contributed by atoms with Gasteiger partial charge in [0.2, 0.25) is 0 Å². The topological polar surface area (TPSA) is 0 Å². The van der Waals surface area contributed by atoms with Crippen LogP contribution < -0.4 is 0 Å². The lowest BCUT2D eigenvalue weighted by Gasteiger charge is -2.55. The fraction of sp³-hybridized carbons (Fsp3) is 1.00. The van der Waals surface area contributed by atoms with Crippen LogP contribution in [0.5, 0.6) is 0 Å². The molecule has 0 heterocycles. The highest BCUT2D eigenvalue weighted by Gasteiger charge is 2.48. The molecule has 0 aromatic carbocycles. The van der Waals surface area contributed by atoms with Crippen LogP contribution in [-0.2, 0) is 0 Å². The van der Waals surface area contributed by atoms with Crippen molar-refractivity contribution in [1.29, 1.82) is 0 Å². The standard InChI is InChI=1S/C16H34/c1-10-12-14(4,5)16(8,9)15(6,7)13(3)11-2/h13H,10-12H2,1-9H3. The van der Waals surface area contributed by atoms with Crippen molar-refractivity contribution in [3.63, 3.8) is 0 Å². The van der Waals surface area contributed by atoms with Gasteiger partial charge < -0.3 is 0 Å². The molecule has 0 spiro atoms. The van der Waals surface area contributed by atoms with E-state index in [1.54, 1.807) is 0 Å². The molecule has 0 fully saturated rings. The maximum atomic E-state index is 2.47. The predicted molar refractivity (Wildman–Crippen MR) is 75.7 cm³/mol. The summed E-state index contributed by atoms with van der Waals surface area (Å²) in [4.78, 5) is 0. The molecular weight excluding hydrogens is 192 g/mol. The summed E-state index contributed by atoms with van der Waals surface area (Å²) < 4.78 is 0. The molecule has 0 aromatic heterocycles. The number of rotatable bonds is 6. The van der Waals surface area contributed by atoms with E-state index in [1.165, 1.54) is 19.3 Å². The first-order chi connectivity index (χ1) is 7.04. The highest BCUT2D eigenvalue weighted by Crippen LogP contribution is 2.56. The molecule has 98 valence electrons. The van der Waals surface area contributed by atoms with E-state index in [9.17, 15) is 0 Å². The average molecular weight is 226 g/mol. The summed E-state index contributed by atoms with van der Waals surface area (Å²) in [6.45, 7) is 21.8.